The number of benzene rings is 2. The molecule has 104 valence electrons. The summed E-state index contributed by atoms with van der Waals surface area (Å²) in [6.45, 7) is 0. The minimum Gasteiger partial charge on any atom is -0.468 e. The smallest absolute Gasteiger partial charge is 0.325 e. The quantitative estimate of drug-likeness (QED) is 0.823. The van der Waals surface area contributed by atoms with Crippen molar-refractivity contribution in [3.63, 3.8) is 0 Å². The van der Waals surface area contributed by atoms with E-state index in [1.807, 2.05) is 60.7 Å². The third-order valence-electron chi connectivity index (χ3n) is 3.45. The van der Waals surface area contributed by atoms with E-state index in [4.69, 9.17) is 16.2 Å². The van der Waals surface area contributed by atoms with Crippen molar-refractivity contribution in [3.05, 3.63) is 71.8 Å². The molecule has 0 amide bonds. The lowest BCUT2D eigenvalue weighted by Gasteiger charge is -2.34. The molecular weight excluding hydrogens is 252 g/mol. The van der Waals surface area contributed by atoms with Crippen LogP contribution in [0.2, 0.25) is 0 Å². The molecule has 0 saturated heterocycles. The van der Waals surface area contributed by atoms with Crippen LogP contribution in [0.1, 0.15) is 11.1 Å². The molecule has 0 spiro atoms. The highest BCUT2D eigenvalue weighted by atomic mass is 16.5. The van der Waals surface area contributed by atoms with Crippen LogP contribution in [0.25, 0.3) is 0 Å². The fourth-order valence-corrected chi connectivity index (χ4v) is 2.27. The topological polar surface area (TPSA) is 78.3 Å². The molecule has 2 aromatic rings. The zero-order valence-corrected chi connectivity index (χ0v) is 11.3. The molecule has 2 rings (SSSR count). The van der Waals surface area contributed by atoms with E-state index in [1.54, 1.807) is 0 Å². The summed E-state index contributed by atoms with van der Waals surface area (Å²) >= 11 is 0. The molecule has 0 aliphatic rings. The third kappa shape index (κ3) is 2.43. The van der Waals surface area contributed by atoms with Gasteiger partial charge in [-0.3, -0.25) is 4.79 Å². The van der Waals surface area contributed by atoms with Gasteiger partial charge in [-0.2, -0.15) is 0 Å². The highest BCUT2D eigenvalue weighted by Crippen LogP contribution is 2.30. The van der Waals surface area contributed by atoms with Crippen molar-refractivity contribution < 1.29 is 9.53 Å². The number of carbonyl (C=O) groups excluding carboxylic acids is 1. The summed E-state index contributed by atoms with van der Waals surface area (Å²) in [5.74, 6) is -0.541. The summed E-state index contributed by atoms with van der Waals surface area (Å²) in [4.78, 5) is 11.9. The molecule has 4 heteroatoms. The highest BCUT2D eigenvalue weighted by molar-refractivity contribution is 5.79. The Balaban J connectivity index is 2.58. The number of hydrogen-bond acceptors (Lipinski definition) is 4. The maximum atomic E-state index is 11.9. The van der Waals surface area contributed by atoms with Crippen LogP contribution in [-0.2, 0) is 15.1 Å². The lowest BCUT2D eigenvalue weighted by Crippen LogP contribution is -2.57. The van der Waals surface area contributed by atoms with Crippen molar-refractivity contribution in [2.24, 2.45) is 11.5 Å². The van der Waals surface area contributed by atoms with Crippen LogP contribution < -0.4 is 11.5 Å². The predicted octanol–water partition coefficient (Wildman–Crippen LogP) is 1.39. The van der Waals surface area contributed by atoms with Crippen molar-refractivity contribution >= 4 is 5.97 Å². The zero-order chi connectivity index (χ0) is 14.6. The lowest BCUT2D eigenvalue weighted by atomic mass is 9.78. The number of ether oxygens (including phenoxy) is 1. The van der Waals surface area contributed by atoms with Crippen LogP contribution in [0.4, 0.5) is 0 Å². The predicted molar refractivity (Wildman–Crippen MR) is 77.8 cm³/mol. The average molecular weight is 270 g/mol. The molecule has 0 aromatic heterocycles. The number of esters is 1. The second kappa shape index (κ2) is 5.86. The largest absolute Gasteiger partial charge is 0.468 e. The summed E-state index contributed by atoms with van der Waals surface area (Å²) < 4.78 is 4.76. The minimum atomic E-state index is -1.13. The second-order valence-electron chi connectivity index (χ2n) is 4.60. The molecule has 0 saturated carbocycles. The van der Waals surface area contributed by atoms with Crippen molar-refractivity contribution in [1.82, 2.24) is 0 Å². The van der Waals surface area contributed by atoms with E-state index in [9.17, 15) is 4.79 Å². The van der Waals surface area contributed by atoms with E-state index < -0.39 is 17.6 Å². The van der Waals surface area contributed by atoms with Crippen molar-refractivity contribution in [2.45, 2.75) is 11.6 Å². The standard InChI is InChI=1S/C16H18N2O2/c1-20-15(19)14(17)16(18,12-8-4-2-5-9-12)13-10-6-3-7-11-13/h2-11,14H,17-18H2,1H3. The van der Waals surface area contributed by atoms with Gasteiger partial charge in [-0.15, -0.1) is 0 Å². The Hall–Kier alpha value is -2.17. The van der Waals surface area contributed by atoms with Crippen LogP contribution in [-0.4, -0.2) is 19.1 Å². The molecule has 2 aromatic carbocycles. The summed E-state index contributed by atoms with van der Waals surface area (Å²) in [5, 5.41) is 0. The summed E-state index contributed by atoms with van der Waals surface area (Å²) in [5.41, 5.74) is 13.0. The Labute approximate surface area is 118 Å². The molecule has 1 atom stereocenters. The Morgan fingerprint density at radius 3 is 1.75 bits per heavy atom. The van der Waals surface area contributed by atoms with Gasteiger partial charge in [0.15, 0.2) is 0 Å². The normalized spacial score (nSPS) is 12.8. The first-order chi connectivity index (χ1) is 9.60. The van der Waals surface area contributed by atoms with Crippen LogP contribution in [0.3, 0.4) is 0 Å². The summed E-state index contributed by atoms with van der Waals surface area (Å²) in [6, 6.07) is 17.7. The third-order valence-corrected chi connectivity index (χ3v) is 3.45. The minimum absolute atomic E-state index is 0.541. The molecule has 0 bridgehead atoms. The molecule has 4 nitrogen and oxygen atoms in total. The van der Waals surface area contributed by atoms with E-state index in [-0.39, 0.29) is 0 Å². The monoisotopic (exact) mass is 270 g/mol. The van der Waals surface area contributed by atoms with E-state index in [1.165, 1.54) is 7.11 Å². The highest BCUT2D eigenvalue weighted by Gasteiger charge is 2.41. The van der Waals surface area contributed by atoms with Crippen LogP contribution >= 0.6 is 0 Å². The van der Waals surface area contributed by atoms with Crippen LogP contribution in [0, 0.1) is 0 Å². The van der Waals surface area contributed by atoms with Gasteiger partial charge in [-0.05, 0) is 11.1 Å². The molecule has 0 aliphatic heterocycles. The fraction of sp³-hybridized carbons (Fsp3) is 0.188. The van der Waals surface area contributed by atoms with Crippen molar-refractivity contribution in [3.8, 4) is 0 Å². The average Bonchev–Trinajstić information content (AvgIpc) is 2.54. The summed E-state index contributed by atoms with van der Waals surface area (Å²) in [6.07, 6.45) is 0. The van der Waals surface area contributed by atoms with Gasteiger partial charge in [-0.1, -0.05) is 60.7 Å². The molecular formula is C16H18N2O2. The Morgan fingerprint density at radius 1 is 1.00 bits per heavy atom. The van der Waals surface area contributed by atoms with Crippen molar-refractivity contribution in [2.75, 3.05) is 7.11 Å². The molecule has 4 N–H and O–H groups in total. The van der Waals surface area contributed by atoms with Gasteiger partial charge in [-0.25, -0.2) is 0 Å². The first-order valence-corrected chi connectivity index (χ1v) is 6.34. The zero-order valence-electron chi connectivity index (χ0n) is 11.3. The van der Waals surface area contributed by atoms with Gasteiger partial charge in [0.1, 0.15) is 6.04 Å². The van der Waals surface area contributed by atoms with Gasteiger partial charge < -0.3 is 16.2 Å². The van der Waals surface area contributed by atoms with Crippen LogP contribution in [0.15, 0.2) is 60.7 Å². The molecule has 1 unspecified atom stereocenters. The van der Waals surface area contributed by atoms with E-state index in [2.05, 4.69) is 0 Å². The maximum Gasteiger partial charge on any atom is 0.325 e. The van der Waals surface area contributed by atoms with E-state index in [0.29, 0.717) is 0 Å². The van der Waals surface area contributed by atoms with Gasteiger partial charge in [0.2, 0.25) is 0 Å². The number of rotatable bonds is 4. The number of methoxy groups -OCH3 is 1. The molecule has 0 radical (unpaired) electrons. The number of carbonyl (C=O) groups is 1. The van der Waals surface area contributed by atoms with Gasteiger partial charge in [0.25, 0.3) is 0 Å². The Bertz CT molecular complexity index is 530. The van der Waals surface area contributed by atoms with E-state index >= 15 is 0 Å². The Morgan fingerprint density at radius 2 is 1.40 bits per heavy atom. The van der Waals surface area contributed by atoms with E-state index in [0.717, 1.165) is 11.1 Å². The van der Waals surface area contributed by atoms with Gasteiger partial charge in [0.05, 0.1) is 12.6 Å². The lowest BCUT2D eigenvalue weighted by molar-refractivity contribution is -0.143. The molecule has 0 heterocycles. The van der Waals surface area contributed by atoms with Gasteiger partial charge >= 0.3 is 5.97 Å². The summed E-state index contributed by atoms with van der Waals surface area (Å²) in [7, 11) is 1.30. The number of nitrogens with two attached hydrogens (primary N) is 2. The molecule has 20 heavy (non-hydrogen) atoms. The SMILES string of the molecule is COC(=O)C(N)C(N)(c1ccccc1)c1ccccc1. The van der Waals surface area contributed by atoms with Gasteiger partial charge in [0, 0.05) is 0 Å². The first-order valence-electron chi connectivity index (χ1n) is 6.34. The Kier molecular flexibility index (Phi) is 4.17. The second-order valence-corrected chi connectivity index (χ2v) is 4.60. The fourth-order valence-electron chi connectivity index (χ4n) is 2.27. The molecule has 0 aliphatic carbocycles. The van der Waals surface area contributed by atoms with Crippen molar-refractivity contribution in [1.29, 1.82) is 0 Å². The maximum absolute atomic E-state index is 11.9. The molecule has 0 fully saturated rings. The first kappa shape index (κ1) is 14.2. The number of hydrogen-bond donors (Lipinski definition) is 2. The van der Waals surface area contributed by atoms with Crippen LogP contribution in [0.5, 0.6) is 0 Å².